The molecule has 0 radical (unpaired) electrons. The van der Waals surface area contributed by atoms with Crippen LogP contribution in [0.5, 0.6) is 0 Å². The minimum atomic E-state index is -3.40. The Morgan fingerprint density at radius 1 is 1.06 bits per heavy atom. The molecule has 2 heterocycles. The maximum Gasteiger partial charge on any atom is 0.325 e. The average Bonchev–Trinajstić information content (AvgIpc) is 3.02. The first-order valence-electron chi connectivity index (χ1n) is 11.1. The Hall–Kier alpha value is -3.20. The molecule has 1 atom stereocenters. The van der Waals surface area contributed by atoms with Gasteiger partial charge in [0.25, 0.3) is 5.91 Å². The normalized spacial score (nSPS) is 22.2. The van der Waals surface area contributed by atoms with Gasteiger partial charge in [-0.25, -0.2) is 13.2 Å². The predicted octanol–water partition coefficient (Wildman–Crippen LogP) is 2.37. The van der Waals surface area contributed by atoms with Gasteiger partial charge in [0.1, 0.15) is 5.54 Å². The molecule has 8 nitrogen and oxygen atoms in total. The molecule has 1 spiro atoms. The van der Waals surface area contributed by atoms with Crippen molar-refractivity contribution in [2.75, 3.05) is 23.7 Å². The second kappa shape index (κ2) is 7.69. The molecule has 1 N–H and O–H groups in total. The van der Waals surface area contributed by atoms with Crippen molar-refractivity contribution in [2.45, 2.75) is 37.6 Å². The molecule has 172 valence electrons. The smallest absolute Gasteiger partial charge is 0.319 e. The number of aryl methyl sites for hydroxylation is 2. The molecule has 1 aliphatic carbocycles. The zero-order chi connectivity index (χ0) is 23.4. The van der Waals surface area contributed by atoms with E-state index < -0.39 is 27.5 Å². The number of anilines is 1. The number of hydrogen-bond donors (Lipinski definition) is 1. The molecule has 2 aromatic rings. The van der Waals surface area contributed by atoms with E-state index in [0.29, 0.717) is 37.1 Å². The van der Waals surface area contributed by atoms with Crippen molar-refractivity contribution in [3.05, 3.63) is 64.7 Å². The minimum absolute atomic E-state index is 0.356. The molecule has 0 saturated carbocycles. The third kappa shape index (κ3) is 3.51. The lowest BCUT2D eigenvalue weighted by Gasteiger charge is -2.33. The summed E-state index contributed by atoms with van der Waals surface area (Å²) in [6.07, 6.45) is 4.60. The molecule has 5 rings (SSSR count). The summed E-state index contributed by atoms with van der Waals surface area (Å²) >= 11 is 0. The van der Waals surface area contributed by atoms with Crippen LogP contribution < -0.4 is 9.62 Å². The van der Waals surface area contributed by atoms with Crippen LogP contribution >= 0.6 is 0 Å². The third-order valence-corrected chi connectivity index (χ3v) is 8.01. The molecule has 0 bridgehead atoms. The molecule has 1 saturated heterocycles. The van der Waals surface area contributed by atoms with Gasteiger partial charge in [-0.05, 0) is 67.0 Å². The number of urea groups is 1. The summed E-state index contributed by atoms with van der Waals surface area (Å²) in [5.74, 6) is -0.756. The quantitative estimate of drug-likeness (QED) is 0.549. The maximum absolute atomic E-state index is 13.4. The first-order chi connectivity index (χ1) is 15.7. The van der Waals surface area contributed by atoms with Gasteiger partial charge < -0.3 is 5.32 Å². The highest BCUT2D eigenvalue weighted by atomic mass is 32.2. The number of nitrogens with one attached hydrogen (secondary N) is 1. The number of sulfonamides is 1. The number of imide groups is 1. The number of nitrogens with zero attached hydrogens (tertiary/aromatic N) is 2. The van der Waals surface area contributed by atoms with Gasteiger partial charge >= 0.3 is 6.03 Å². The summed E-state index contributed by atoms with van der Waals surface area (Å²) in [5, 5.41) is 2.87. The molecular weight excluding hydrogens is 442 g/mol. The molecule has 2 aromatic carbocycles. The Bertz CT molecular complexity index is 1290. The van der Waals surface area contributed by atoms with Gasteiger partial charge in [-0.1, -0.05) is 24.3 Å². The fourth-order valence-corrected chi connectivity index (χ4v) is 6.27. The maximum atomic E-state index is 13.4. The van der Waals surface area contributed by atoms with Crippen LogP contribution in [0, 0.1) is 0 Å². The Morgan fingerprint density at radius 2 is 1.82 bits per heavy atom. The third-order valence-electron chi connectivity index (χ3n) is 6.83. The summed E-state index contributed by atoms with van der Waals surface area (Å²) in [7, 11) is -3.40. The fraction of sp³-hybridized carbons (Fsp3) is 0.375. The highest BCUT2D eigenvalue weighted by molar-refractivity contribution is 7.92. The summed E-state index contributed by atoms with van der Waals surface area (Å²) in [5.41, 5.74) is 2.43. The number of carbonyl (C=O) groups excluding carboxylic acids is 3. The molecule has 2 aliphatic heterocycles. The van der Waals surface area contributed by atoms with Crippen molar-refractivity contribution < 1.29 is 22.8 Å². The first kappa shape index (κ1) is 21.6. The van der Waals surface area contributed by atoms with E-state index >= 15 is 0 Å². The molecule has 1 unspecified atom stereocenters. The molecule has 9 heteroatoms. The Kier molecular flexibility index (Phi) is 5.04. The molecule has 3 amide bonds. The van der Waals surface area contributed by atoms with E-state index in [2.05, 4.69) is 5.32 Å². The van der Waals surface area contributed by atoms with Crippen LogP contribution in [0.2, 0.25) is 0 Å². The van der Waals surface area contributed by atoms with Gasteiger partial charge in [0.05, 0.1) is 18.5 Å². The average molecular weight is 468 g/mol. The van der Waals surface area contributed by atoms with E-state index in [0.717, 1.165) is 40.7 Å². The number of hydrogen-bond acceptors (Lipinski definition) is 5. The van der Waals surface area contributed by atoms with Crippen molar-refractivity contribution in [2.24, 2.45) is 0 Å². The number of ketones is 1. The van der Waals surface area contributed by atoms with Crippen LogP contribution in [0.25, 0.3) is 0 Å². The number of benzene rings is 2. The van der Waals surface area contributed by atoms with E-state index in [1.807, 2.05) is 24.3 Å². The van der Waals surface area contributed by atoms with Crippen molar-refractivity contribution >= 4 is 33.4 Å². The van der Waals surface area contributed by atoms with Crippen LogP contribution in [0.3, 0.4) is 0 Å². The SMILES string of the molecule is CS(=O)(=O)N1CCCc2cc(C(=O)CN3C(=O)NC4(CCCc5ccccc54)C3=O)ccc21. The van der Waals surface area contributed by atoms with E-state index in [-0.39, 0.29) is 12.3 Å². The summed E-state index contributed by atoms with van der Waals surface area (Å²) < 4.78 is 25.5. The zero-order valence-electron chi connectivity index (χ0n) is 18.3. The van der Waals surface area contributed by atoms with Crippen LogP contribution in [-0.2, 0) is 33.2 Å². The molecule has 33 heavy (non-hydrogen) atoms. The van der Waals surface area contributed by atoms with Crippen molar-refractivity contribution in [1.82, 2.24) is 10.2 Å². The first-order valence-corrected chi connectivity index (χ1v) is 12.9. The van der Waals surface area contributed by atoms with E-state index in [9.17, 15) is 22.8 Å². The lowest BCUT2D eigenvalue weighted by molar-refractivity contribution is -0.131. The summed E-state index contributed by atoms with van der Waals surface area (Å²) in [6.45, 7) is 0.0499. The van der Waals surface area contributed by atoms with E-state index in [4.69, 9.17) is 0 Å². The van der Waals surface area contributed by atoms with Gasteiger partial charge in [-0.15, -0.1) is 0 Å². The van der Waals surface area contributed by atoms with Gasteiger partial charge in [-0.2, -0.15) is 0 Å². The molecule has 3 aliphatic rings. The van der Waals surface area contributed by atoms with Crippen LogP contribution in [0.4, 0.5) is 10.5 Å². The zero-order valence-corrected chi connectivity index (χ0v) is 19.2. The Labute approximate surface area is 192 Å². The van der Waals surface area contributed by atoms with Gasteiger partial charge in [-0.3, -0.25) is 18.8 Å². The minimum Gasteiger partial charge on any atom is -0.319 e. The predicted molar refractivity (Wildman–Crippen MR) is 123 cm³/mol. The number of rotatable bonds is 4. The number of Topliss-reactive ketones (excluding diaryl/α,β-unsaturated/α-hetero) is 1. The van der Waals surface area contributed by atoms with Crippen LogP contribution in [-0.4, -0.2) is 50.4 Å². The topological polar surface area (TPSA) is 104 Å². The molecule has 0 aromatic heterocycles. The summed E-state index contributed by atoms with van der Waals surface area (Å²) in [6, 6.07) is 11.9. The molecule has 1 fully saturated rings. The van der Waals surface area contributed by atoms with Crippen molar-refractivity contribution in [1.29, 1.82) is 0 Å². The van der Waals surface area contributed by atoms with E-state index in [1.165, 1.54) is 4.31 Å². The van der Waals surface area contributed by atoms with Crippen molar-refractivity contribution in [3.8, 4) is 0 Å². The highest BCUT2D eigenvalue weighted by Gasteiger charge is 2.54. The standard InChI is InChI=1S/C24H25N3O5S/c1-33(31,32)27-13-5-8-17-14-18(10-11-20(17)27)21(28)15-26-22(29)24(25-23(26)30)12-4-7-16-6-2-3-9-19(16)24/h2-3,6,9-11,14H,4-5,7-8,12-13,15H2,1H3,(H,25,30). The number of fused-ring (bicyclic) bond motifs is 3. The van der Waals surface area contributed by atoms with Crippen LogP contribution in [0.1, 0.15) is 46.3 Å². The lowest BCUT2D eigenvalue weighted by Crippen LogP contribution is -2.46. The Balaban J connectivity index is 1.40. The molecular formula is C24H25N3O5S. The second-order valence-corrected chi connectivity index (χ2v) is 10.8. The van der Waals surface area contributed by atoms with E-state index in [1.54, 1.807) is 18.2 Å². The van der Waals surface area contributed by atoms with Gasteiger partial charge in [0.15, 0.2) is 5.78 Å². The largest absolute Gasteiger partial charge is 0.325 e. The highest BCUT2D eigenvalue weighted by Crippen LogP contribution is 2.40. The Morgan fingerprint density at radius 3 is 2.61 bits per heavy atom. The summed E-state index contributed by atoms with van der Waals surface area (Å²) in [4.78, 5) is 40.3. The van der Waals surface area contributed by atoms with Crippen LogP contribution in [0.15, 0.2) is 42.5 Å². The van der Waals surface area contributed by atoms with Crippen molar-refractivity contribution in [3.63, 3.8) is 0 Å². The second-order valence-electron chi connectivity index (χ2n) is 8.94. The monoisotopic (exact) mass is 467 g/mol. The van der Waals surface area contributed by atoms with Gasteiger partial charge in [0.2, 0.25) is 10.0 Å². The fourth-order valence-electron chi connectivity index (χ4n) is 5.27. The number of carbonyl (C=O) groups is 3. The van der Waals surface area contributed by atoms with Gasteiger partial charge in [0, 0.05) is 12.1 Å². The number of amides is 3. The lowest BCUT2D eigenvalue weighted by atomic mass is 9.76.